The van der Waals surface area contributed by atoms with Crippen molar-refractivity contribution in [3.8, 4) is 0 Å². The molecule has 96 valence electrons. The van der Waals surface area contributed by atoms with Crippen LogP contribution < -0.4 is 5.32 Å². The lowest BCUT2D eigenvalue weighted by Crippen LogP contribution is -2.22. The molecule has 0 fully saturated rings. The first-order chi connectivity index (χ1) is 7.90. The van der Waals surface area contributed by atoms with Crippen molar-refractivity contribution >= 4 is 9.84 Å². The van der Waals surface area contributed by atoms with Crippen LogP contribution in [-0.2, 0) is 9.84 Å². The van der Waals surface area contributed by atoms with Gasteiger partial charge in [-0.15, -0.1) is 0 Å². The van der Waals surface area contributed by atoms with Gasteiger partial charge < -0.3 is 5.32 Å². The highest BCUT2D eigenvalue weighted by Crippen LogP contribution is 2.15. The molecular weight excluding hydrogens is 241 g/mol. The van der Waals surface area contributed by atoms with Crippen LogP contribution in [0.15, 0.2) is 24.3 Å². The molecule has 1 aromatic rings. The minimum Gasteiger partial charge on any atom is -0.310 e. The molecule has 0 aromatic heterocycles. The lowest BCUT2D eigenvalue weighted by Gasteiger charge is -2.14. The third kappa shape index (κ3) is 5.28. The molecule has 1 atom stereocenters. The Morgan fingerprint density at radius 1 is 1.35 bits per heavy atom. The van der Waals surface area contributed by atoms with Crippen molar-refractivity contribution in [3.63, 3.8) is 0 Å². The van der Waals surface area contributed by atoms with Crippen LogP contribution in [0.4, 0.5) is 4.39 Å². The van der Waals surface area contributed by atoms with E-state index in [1.807, 2.05) is 6.92 Å². The zero-order valence-electron chi connectivity index (χ0n) is 10.1. The summed E-state index contributed by atoms with van der Waals surface area (Å²) in [7, 11) is -2.91. The largest absolute Gasteiger partial charge is 0.310 e. The summed E-state index contributed by atoms with van der Waals surface area (Å²) in [4.78, 5) is 0. The van der Waals surface area contributed by atoms with Crippen molar-refractivity contribution < 1.29 is 12.8 Å². The van der Waals surface area contributed by atoms with Gasteiger partial charge >= 0.3 is 0 Å². The number of rotatable bonds is 6. The smallest absolute Gasteiger partial charge is 0.147 e. The van der Waals surface area contributed by atoms with Crippen LogP contribution in [0.2, 0.25) is 0 Å². The van der Waals surface area contributed by atoms with Crippen molar-refractivity contribution in [2.24, 2.45) is 0 Å². The number of nitrogens with one attached hydrogen (secondary N) is 1. The molecule has 1 rings (SSSR count). The highest BCUT2D eigenvalue weighted by Gasteiger charge is 2.09. The molecule has 3 nitrogen and oxygen atoms in total. The highest BCUT2D eigenvalue weighted by molar-refractivity contribution is 7.90. The van der Waals surface area contributed by atoms with Crippen LogP contribution in [0, 0.1) is 5.82 Å². The fourth-order valence-electron chi connectivity index (χ4n) is 1.59. The molecule has 0 bridgehead atoms. The van der Waals surface area contributed by atoms with Crippen LogP contribution in [0.3, 0.4) is 0 Å². The van der Waals surface area contributed by atoms with Crippen LogP contribution in [0.25, 0.3) is 0 Å². The fraction of sp³-hybridized carbons (Fsp3) is 0.500. The average Bonchev–Trinajstić information content (AvgIpc) is 2.23. The minimum absolute atomic E-state index is 0.115. The van der Waals surface area contributed by atoms with Crippen LogP contribution in [-0.4, -0.2) is 27.0 Å². The van der Waals surface area contributed by atoms with E-state index >= 15 is 0 Å². The zero-order valence-corrected chi connectivity index (χ0v) is 10.9. The van der Waals surface area contributed by atoms with Crippen molar-refractivity contribution in [2.75, 3.05) is 18.6 Å². The van der Waals surface area contributed by atoms with Gasteiger partial charge in [0, 0.05) is 17.9 Å². The summed E-state index contributed by atoms with van der Waals surface area (Å²) < 4.78 is 35.2. The minimum atomic E-state index is -2.91. The van der Waals surface area contributed by atoms with Gasteiger partial charge in [-0.1, -0.05) is 18.2 Å². The van der Waals surface area contributed by atoms with E-state index in [-0.39, 0.29) is 17.6 Å². The summed E-state index contributed by atoms with van der Waals surface area (Å²) in [5, 5.41) is 3.11. The van der Waals surface area contributed by atoms with Gasteiger partial charge in [0.15, 0.2) is 0 Å². The second-order valence-corrected chi connectivity index (χ2v) is 6.44. The predicted octanol–water partition coefficient (Wildman–Crippen LogP) is 1.91. The summed E-state index contributed by atoms with van der Waals surface area (Å²) in [6.07, 6.45) is 1.75. The van der Waals surface area contributed by atoms with Crippen LogP contribution in [0.5, 0.6) is 0 Å². The van der Waals surface area contributed by atoms with Crippen molar-refractivity contribution in [2.45, 2.75) is 19.4 Å². The van der Waals surface area contributed by atoms with Gasteiger partial charge in [-0.3, -0.25) is 0 Å². The number of hydrogen-bond donors (Lipinski definition) is 1. The molecule has 0 unspecified atom stereocenters. The first kappa shape index (κ1) is 14.1. The van der Waals surface area contributed by atoms with E-state index in [0.717, 1.165) is 0 Å². The van der Waals surface area contributed by atoms with E-state index in [2.05, 4.69) is 5.32 Å². The van der Waals surface area contributed by atoms with E-state index in [4.69, 9.17) is 0 Å². The third-order valence-electron chi connectivity index (χ3n) is 2.51. The first-order valence-corrected chi connectivity index (χ1v) is 7.62. The van der Waals surface area contributed by atoms with Crippen molar-refractivity contribution in [1.29, 1.82) is 0 Å². The van der Waals surface area contributed by atoms with E-state index < -0.39 is 9.84 Å². The molecule has 0 heterocycles. The van der Waals surface area contributed by atoms with Crippen LogP contribution >= 0.6 is 0 Å². The number of sulfone groups is 1. The van der Waals surface area contributed by atoms with Gasteiger partial charge in [0.1, 0.15) is 15.7 Å². The molecule has 17 heavy (non-hydrogen) atoms. The van der Waals surface area contributed by atoms with E-state index in [0.29, 0.717) is 18.5 Å². The molecule has 0 aliphatic heterocycles. The Morgan fingerprint density at radius 3 is 2.59 bits per heavy atom. The molecule has 5 heteroatoms. The summed E-state index contributed by atoms with van der Waals surface area (Å²) in [6.45, 7) is 2.42. The van der Waals surface area contributed by atoms with Crippen molar-refractivity contribution in [3.05, 3.63) is 35.6 Å². The second-order valence-electron chi connectivity index (χ2n) is 4.18. The van der Waals surface area contributed by atoms with Gasteiger partial charge in [-0.2, -0.15) is 0 Å². The first-order valence-electron chi connectivity index (χ1n) is 5.55. The van der Waals surface area contributed by atoms with E-state index in [9.17, 15) is 12.8 Å². The maximum atomic E-state index is 13.4. The summed E-state index contributed by atoms with van der Waals surface area (Å²) in [6, 6.07) is 6.46. The van der Waals surface area contributed by atoms with E-state index in [1.165, 1.54) is 12.3 Å². The lowest BCUT2D eigenvalue weighted by atomic mass is 10.1. The van der Waals surface area contributed by atoms with E-state index in [1.54, 1.807) is 18.2 Å². The third-order valence-corrected chi connectivity index (χ3v) is 3.54. The highest BCUT2D eigenvalue weighted by atomic mass is 32.2. The Hall–Kier alpha value is -0.940. The molecule has 1 aromatic carbocycles. The maximum Gasteiger partial charge on any atom is 0.147 e. The van der Waals surface area contributed by atoms with Gasteiger partial charge in [0.25, 0.3) is 0 Å². The summed E-state index contributed by atoms with van der Waals surface area (Å²) in [5.41, 5.74) is 0.604. The molecule has 0 spiro atoms. The molecule has 0 radical (unpaired) electrons. The van der Waals surface area contributed by atoms with Gasteiger partial charge in [0.2, 0.25) is 0 Å². The zero-order chi connectivity index (χ0) is 12.9. The molecule has 0 amide bonds. The van der Waals surface area contributed by atoms with Gasteiger partial charge in [-0.25, -0.2) is 12.8 Å². The summed E-state index contributed by atoms with van der Waals surface area (Å²) in [5.74, 6) is -0.0834. The molecule has 0 saturated carbocycles. The molecular formula is C12H18FNO2S. The molecule has 1 N–H and O–H groups in total. The Labute approximate surface area is 102 Å². The Bertz CT molecular complexity index is 459. The number of hydrogen-bond acceptors (Lipinski definition) is 3. The standard InChI is InChI=1S/C12H18FNO2S/c1-10(11-6-3-4-7-12(11)13)14-8-5-9-17(2,15)16/h3-4,6-7,10,14H,5,8-9H2,1-2H3/t10-/m1/s1. The Kier molecular flexibility index (Phi) is 5.08. The van der Waals surface area contributed by atoms with Crippen molar-refractivity contribution in [1.82, 2.24) is 5.32 Å². The SMILES string of the molecule is C[C@@H](NCCCS(C)(=O)=O)c1ccccc1F. The molecule has 0 aliphatic rings. The Morgan fingerprint density at radius 2 is 2.00 bits per heavy atom. The topological polar surface area (TPSA) is 46.2 Å². The van der Waals surface area contributed by atoms with Crippen LogP contribution in [0.1, 0.15) is 24.9 Å². The van der Waals surface area contributed by atoms with Gasteiger partial charge in [-0.05, 0) is 26.0 Å². The maximum absolute atomic E-state index is 13.4. The second kappa shape index (κ2) is 6.12. The lowest BCUT2D eigenvalue weighted by molar-refractivity contribution is 0.525. The normalized spacial score (nSPS) is 13.6. The number of halogens is 1. The predicted molar refractivity (Wildman–Crippen MR) is 67.1 cm³/mol. The number of benzene rings is 1. The molecule has 0 aliphatic carbocycles. The average molecular weight is 259 g/mol. The van der Waals surface area contributed by atoms with Gasteiger partial charge in [0.05, 0.1) is 5.75 Å². The Balaban J connectivity index is 2.41. The quantitative estimate of drug-likeness (QED) is 0.794. The monoisotopic (exact) mass is 259 g/mol. The molecule has 0 saturated heterocycles. The summed E-state index contributed by atoms with van der Waals surface area (Å²) >= 11 is 0. The fourth-order valence-corrected chi connectivity index (χ4v) is 2.26.